The number of esters is 2. The van der Waals surface area contributed by atoms with Gasteiger partial charge in [0, 0.05) is 12.8 Å². The highest BCUT2D eigenvalue weighted by Gasteiger charge is 2.21. The molecule has 0 aromatic rings. The summed E-state index contributed by atoms with van der Waals surface area (Å²) in [5.41, 5.74) is 0. The zero-order chi connectivity index (χ0) is 49.9. The second-order valence-electron chi connectivity index (χ2n) is 17.1. The van der Waals surface area contributed by atoms with Crippen LogP contribution >= 0.6 is 7.82 Å². The second kappa shape index (κ2) is 47.7. The predicted molar refractivity (Wildman–Crippen MR) is 286 cm³/mol. The van der Waals surface area contributed by atoms with Gasteiger partial charge in [0.05, 0.1) is 27.7 Å². The number of hydrogen-bond donors (Lipinski definition) is 0. The van der Waals surface area contributed by atoms with Crippen molar-refractivity contribution in [1.29, 1.82) is 0 Å². The fourth-order valence-electron chi connectivity index (χ4n) is 5.70. The maximum absolute atomic E-state index is 12.7. The summed E-state index contributed by atoms with van der Waals surface area (Å²) in [5.74, 6) is -0.973. The molecule has 0 saturated carbocycles. The number of nitrogens with zero attached hydrogens (tertiary/aromatic N) is 1. The highest BCUT2D eigenvalue weighted by atomic mass is 31.2. The van der Waals surface area contributed by atoms with E-state index in [-0.39, 0.29) is 26.1 Å². The summed E-state index contributed by atoms with van der Waals surface area (Å²) in [4.78, 5) is 37.7. The first-order chi connectivity index (χ1) is 33.0. The second-order valence-corrected chi connectivity index (χ2v) is 18.5. The fraction of sp³-hybridized carbons (Fsp3) is 0.517. The molecule has 0 saturated heterocycles. The highest BCUT2D eigenvalue weighted by molar-refractivity contribution is 7.45. The van der Waals surface area contributed by atoms with Crippen LogP contribution in [0.2, 0.25) is 0 Å². The van der Waals surface area contributed by atoms with Crippen LogP contribution in [0.25, 0.3) is 0 Å². The largest absolute Gasteiger partial charge is 0.756 e. The summed E-state index contributed by atoms with van der Waals surface area (Å²) in [6, 6.07) is 0. The van der Waals surface area contributed by atoms with Crippen LogP contribution in [0.4, 0.5) is 0 Å². The molecule has 380 valence electrons. The molecular formula is C58H90NO8P. The fourth-order valence-corrected chi connectivity index (χ4v) is 6.43. The summed E-state index contributed by atoms with van der Waals surface area (Å²) < 4.78 is 33.9. The number of rotatable bonds is 43. The lowest BCUT2D eigenvalue weighted by Gasteiger charge is -2.28. The van der Waals surface area contributed by atoms with Crippen molar-refractivity contribution in [3.8, 4) is 0 Å². The Labute approximate surface area is 414 Å². The average molecular weight is 960 g/mol. The molecule has 2 atom stereocenters. The van der Waals surface area contributed by atoms with Gasteiger partial charge in [-0.05, 0) is 116 Å². The van der Waals surface area contributed by atoms with Crippen molar-refractivity contribution in [1.82, 2.24) is 0 Å². The van der Waals surface area contributed by atoms with Gasteiger partial charge in [-0.15, -0.1) is 0 Å². The number of carbonyl (C=O) groups is 2. The van der Waals surface area contributed by atoms with Gasteiger partial charge in [0.2, 0.25) is 0 Å². The number of likely N-dealkylation sites (N-methyl/N-ethyl adjacent to an activating group) is 1. The van der Waals surface area contributed by atoms with Gasteiger partial charge in [-0.1, -0.05) is 172 Å². The number of ether oxygens (including phenoxy) is 2. The van der Waals surface area contributed by atoms with E-state index in [9.17, 15) is 19.0 Å². The van der Waals surface area contributed by atoms with E-state index < -0.39 is 32.5 Å². The summed E-state index contributed by atoms with van der Waals surface area (Å²) in [7, 11) is 1.07. The molecule has 0 N–H and O–H groups in total. The standard InChI is InChI=1S/C58H90NO8P/c1-6-8-10-12-14-16-18-20-22-24-25-26-27-28-29-30-31-32-33-35-37-39-41-43-45-47-49-51-58(61)67-56(55-66-68(62,63)65-53-52-59(3,4)5)54-64-57(60)50-48-46-44-42-40-38-36-34-23-21-19-17-15-13-11-9-7-2/h8-11,14-17,20-23,25-26,28-29,31-32,35-38,41-44,56H,6-7,12-13,18-19,24,27,30,33-34,39-40,45-55H2,1-5H3/b10-8-,11-9-,16-14-,17-15-,22-20-,23-21-,26-25-,29-28-,32-31-,37-35-,38-36-,43-41-,44-42-. The van der Waals surface area contributed by atoms with E-state index >= 15 is 0 Å². The van der Waals surface area contributed by atoms with Crippen molar-refractivity contribution in [2.24, 2.45) is 0 Å². The molecule has 0 aliphatic carbocycles. The van der Waals surface area contributed by atoms with Gasteiger partial charge >= 0.3 is 11.9 Å². The quantitative estimate of drug-likeness (QED) is 0.0195. The summed E-state index contributed by atoms with van der Waals surface area (Å²) in [6.45, 7) is 3.84. The molecule has 0 amide bonds. The van der Waals surface area contributed by atoms with Crippen LogP contribution in [0.3, 0.4) is 0 Å². The van der Waals surface area contributed by atoms with Crippen LogP contribution in [0.1, 0.15) is 142 Å². The van der Waals surface area contributed by atoms with E-state index in [0.29, 0.717) is 30.3 Å². The molecule has 9 nitrogen and oxygen atoms in total. The van der Waals surface area contributed by atoms with Crippen LogP contribution in [-0.2, 0) is 32.7 Å². The predicted octanol–water partition coefficient (Wildman–Crippen LogP) is 14.7. The lowest BCUT2D eigenvalue weighted by atomic mass is 10.2. The molecule has 0 rings (SSSR count). The van der Waals surface area contributed by atoms with Crippen molar-refractivity contribution in [2.75, 3.05) is 47.5 Å². The smallest absolute Gasteiger partial charge is 0.306 e. The van der Waals surface area contributed by atoms with Gasteiger partial charge in [-0.2, -0.15) is 0 Å². The van der Waals surface area contributed by atoms with E-state index in [4.69, 9.17) is 18.5 Å². The van der Waals surface area contributed by atoms with Crippen LogP contribution < -0.4 is 4.89 Å². The Bertz CT molecular complexity index is 1700. The van der Waals surface area contributed by atoms with Crippen molar-refractivity contribution in [3.63, 3.8) is 0 Å². The third-order valence-corrected chi connectivity index (χ3v) is 10.5. The number of quaternary nitrogens is 1. The topological polar surface area (TPSA) is 111 Å². The minimum Gasteiger partial charge on any atom is -0.756 e. The van der Waals surface area contributed by atoms with Gasteiger partial charge in [0.1, 0.15) is 19.8 Å². The lowest BCUT2D eigenvalue weighted by Crippen LogP contribution is -2.37. The Morgan fingerprint density at radius 3 is 1.16 bits per heavy atom. The molecule has 0 fully saturated rings. The van der Waals surface area contributed by atoms with E-state index in [1.54, 1.807) is 0 Å². The molecule has 0 aromatic carbocycles. The monoisotopic (exact) mass is 960 g/mol. The molecule has 0 aromatic heterocycles. The summed E-state index contributed by atoms with van der Waals surface area (Å²) >= 11 is 0. The Balaban J connectivity index is 4.48. The van der Waals surface area contributed by atoms with Gasteiger partial charge in [0.25, 0.3) is 7.82 Å². The van der Waals surface area contributed by atoms with Crippen molar-refractivity contribution < 1.29 is 42.1 Å². The lowest BCUT2D eigenvalue weighted by molar-refractivity contribution is -0.870. The van der Waals surface area contributed by atoms with Crippen molar-refractivity contribution in [2.45, 2.75) is 148 Å². The maximum Gasteiger partial charge on any atom is 0.306 e. The SMILES string of the molecule is CC/C=C\C/C=C\C/C=C\C/C=C\C/C=C\C/C=C\C/C=C\C/C=C\CCCCC(=O)OC(COC(=O)CCC/C=C\C/C=C\C/C=C\C/C=C\C/C=C\CC)COP(=O)([O-])OCC[N+](C)(C)C. The molecule has 10 heteroatoms. The van der Waals surface area contributed by atoms with Gasteiger partial charge in [0.15, 0.2) is 6.10 Å². The minimum absolute atomic E-state index is 0.0589. The van der Waals surface area contributed by atoms with Crippen molar-refractivity contribution in [3.05, 3.63) is 158 Å². The first kappa shape index (κ1) is 63.6. The van der Waals surface area contributed by atoms with Gasteiger partial charge in [-0.25, -0.2) is 0 Å². The third kappa shape index (κ3) is 51.0. The van der Waals surface area contributed by atoms with E-state index in [0.717, 1.165) is 96.3 Å². The number of carbonyl (C=O) groups excluding carboxylic acids is 2. The first-order valence-corrected chi connectivity index (χ1v) is 26.7. The highest BCUT2D eigenvalue weighted by Crippen LogP contribution is 2.38. The Hall–Kier alpha value is -4.37. The number of phosphoric acid groups is 1. The Morgan fingerprint density at radius 1 is 0.456 bits per heavy atom. The average Bonchev–Trinajstić information content (AvgIpc) is 3.30. The molecule has 0 bridgehead atoms. The molecule has 0 heterocycles. The number of allylic oxidation sites excluding steroid dienone is 26. The number of phosphoric ester groups is 1. The molecule has 0 aliphatic rings. The van der Waals surface area contributed by atoms with Crippen LogP contribution in [-0.4, -0.2) is 70.0 Å². The van der Waals surface area contributed by atoms with Crippen molar-refractivity contribution >= 4 is 19.8 Å². The molecule has 0 spiro atoms. The zero-order valence-corrected chi connectivity index (χ0v) is 43.6. The summed E-state index contributed by atoms with van der Waals surface area (Å²) in [6.07, 6.45) is 71.5. The van der Waals surface area contributed by atoms with Crippen LogP contribution in [0.15, 0.2) is 158 Å². The van der Waals surface area contributed by atoms with Gasteiger partial charge in [-0.3, -0.25) is 14.2 Å². The maximum atomic E-state index is 12.7. The molecule has 2 unspecified atom stereocenters. The van der Waals surface area contributed by atoms with E-state index in [1.165, 1.54) is 0 Å². The molecular weight excluding hydrogens is 870 g/mol. The zero-order valence-electron chi connectivity index (χ0n) is 42.7. The Kier molecular flexibility index (Phi) is 44.6. The molecule has 0 aliphatic heterocycles. The number of hydrogen-bond acceptors (Lipinski definition) is 8. The van der Waals surface area contributed by atoms with Gasteiger partial charge < -0.3 is 27.9 Å². The molecule has 0 radical (unpaired) electrons. The Morgan fingerprint density at radius 2 is 0.794 bits per heavy atom. The van der Waals surface area contributed by atoms with Crippen LogP contribution in [0, 0.1) is 0 Å². The molecule has 68 heavy (non-hydrogen) atoms. The van der Waals surface area contributed by atoms with Crippen LogP contribution in [0.5, 0.6) is 0 Å². The summed E-state index contributed by atoms with van der Waals surface area (Å²) in [5, 5.41) is 0. The number of unbranched alkanes of at least 4 members (excludes halogenated alkanes) is 3. The van der Waals surface area contributed by atoms with E-state index in [2.05, 4.69) is 166 Å². The minimum atomic E-state index is -4.67. The van der Waals surface area contributed by atoms with E-state index in [1.807, 2.05) is 27.2 Å². The first-order valence-electron chi connectivity index (χ1n) is 25.2. The normalized spacial score (nSPS) is 14.7. The third-order valence-electron chi connectivity index (χ3n) is 9.54.